The number of nitrogens with one attached hydrogen (secondary N) is 1. The maximum absolute atomic E-state index is 5.84. The summed E-state index contributed by atoms with van der Waals surface area (Å²) < 4.78 is 7.70. The second-order valence-electron chi connectivity index (χ2n) is 5.20. The third-order valence-electron chi connectivity index (χ3n) is 3.64. The predicted octanol–water partition coefficient (Wildman–Crippen LogP) is 1.06. The summed E-state index contributed by atoms with van der Waals surface area (Å²) in [7, 11) is 0. The highest BCUT2D eigenvalue weighted by molar-refractivity contribution is 5.11. The van der Waals surface area contributed by atoms with E-state index in [4.69, 9.17) is 10.5 Å². The van der Waals surface area contributed by atoms with E-state index in [0.717, 1.165) is 38.1 Å². The molecule has 1 aromatic rings. The third-order valence-corrected chi connectivity index (χ3v) is 3.64. The normalized spacial score (nSPS) is 25.5. The molecule has 1 aliphatic rings. The van der Waals surface area contributed by atoms with Crippen molar-refractivity contribution in [1.29, 1.82) is 0 Å². The molecule has 1 fully saturated rings. The summed E-state index contributed by atoms with van der Waals surface area (Å²) in [5.41, 5.74) is 6.96. The summed E-state index contributed by atoms with van der Waals surface area (Å²) in [6, 6.07) is 0.159. The van der Waals surface area contributed by atoms with Crippen LogP contribution < -0.4 is 11.1 Å². The molecule has 0 aromatic carbocycles. The predicted molar refractivity (Wildman–Crippen MR) is 71.3 cm³/mol. The zero-order valence-electron chi connectivity index (χ0n) is 11.4. The van der Waals surface area contributed by atoms with Crippen LogP contribution in [-0.2, 0) is 11.3 Å². The van der Waals surface area contributed by atoms with Gasteiger partial charge in [0.05, 0.1) is 11.8 Å². The SMILES string of the molecule is CCn1cc(C(CN)NCC2(C)CCCO2)cn1. The fourth-order valence-corrected chi connectivity index (χ4v) is 2.39. The van der Waals surface area contributed by atoms with Crippen LogP contribution in [0.15, 0.2) is 12.4 Å². The minimum atomic E-state index is -0.0336. The van der Waals surface area contributed by atoms with Gasteiger partial charge in [0.1, 0.15) is 0 Å². The van der Waals surface area contributed by atoms with E-state index >= 15 is 0 Å². The van der Waals surface area contributed by atoms with E-state index in [9.17, 15) is 0 Å². The number of aromatic nitrogens is 2. The Balaban J connectivity index is 1.92. The van der Waals surface area contributed by atoms with Crippen LogP contribution in [0.5, 0.6) is 0 Å². The molecule has 1 saturated heterocycles. The van der Waals surface area contributed by atoms with Crippen LogP contribution in [0, 0.1) is 0 Å². The quantitative estimate of drug-likeness (QED) is 0.794. The highest BCUT2D eigenvalue weighted by atomic mass is 16.5. The molecule has 5 heteroatoms. The van der Waals surface area contributed by atoms with Crippen molar-refractivity contribution < 1.29 is 4.74 Å². The molecule has 2 rings (SSSR count). The molecule has 102 valence electrons. The number of nitrogens with zero attached hydrogens (tertiary/aromatic N) is 2. The Morgan fingerprint density at radius 1 is 1.67 bits per heavy atom. The fraction of sp³-hybridized carbons (Fsp3) is 0.769. The molecule has 3 N–H and O–H groups in total. The molecule has 2 unspecified atom stereocenters. The van der Waals surface area contributed by atoms with Crippen molar-refractivity contribution >= 4 is 0 Å². The van der Waals surface area contributed by atoms with Crippen LogP contribution in [0.4, 0.5) is 0 Å². The monoisotopic (exact) mass is 252 g/mol. The summed E-state index contributed by atoms with van der Waals surface area (Å²) in [5.74, 6) is 0. The maximum atomic E-state index is 5.84. The molecular formula is C13H24N4O. The third kappa shape index (κ3) is 3.10. The van der Waals surface area contributed by atoms with Crippen LogP contribution >= 0.6 is 0 Å². The molecule has 0 saturated carbocycles. The standard InChI is InChI=1S/C13H24N4O/c1-3-17-9-11(8-16-17)12(7-14)15-10-13(2)5-4-6-18-13/h8-9,12,15H,3-7,10,14H2,1-2H3. The van der Waals surface area contributed by atoms with E-state index < -0.39 is 0 Å². The van der Waals surface area contributed by atoms with Crippen LogP contribution in [0.1, 0.15) is 38.3 Å². The maximum Gasteiger partial charge on any atom is 0.0779 e. The van der Waals surface area contributed by atoms with Crippen LogP contribution in [0.3, 0.4) is 0 Å². The highest BCUT2D eigenvalue weighted by Gasteiger charge is 2.30. The topological polar surface area (TPSA) is 65.1 Å². The molecule has 0 amide bonds. The first kappa shape index (κ1) is 13.5. The van der Waals surface area contributed by atoms with Crippen LogP contribution in [0.25, 0.3) is 0 Å². The largest absolute Gasteiger partial charge is 0.374 e. The van der Waals surface area contributed by atoms with Crippen molar-refractivity contribution in [3.05, 3.63) is 18.0 Å². The average molecular weight is 252 g/mol. The number of ether oxygens (including phenoxy) is 1. The Morgan fingerprint density at radius 3 is 3.06 bits per heavy atom. The second-order valence-corrected chi connectivity index (χ2v) is 5.20. The minimum absolute atomic E-state index is 0.0336. The lowest BCUT2D eigenvalue weighted by molar-refractivity contribution is 0.0189. The molecule has 18 heavy (non-hydrogen) atoms. The van der Waals surface area contributed by atoms with Gasteiger partial charge in [0, 0.05) is 44.0 Å². The first-order valence-corrected chi connectivity index (χ1v) is 6.76. The van der Waals surface area contributed by atoms with E-state index in [1.807, 2.05) is 10.9 Å². The first-order chi connectivity index (χ1) is 8.67. The van der Waals surface area contributed by atoms with Gasteiger partial charge in [-0.05, 0) is 26.7 Å². The smallest absolute Gasteiger partial charge is 0.0779 e. The van der Waals surface area contributed by atoms with Gasteiger partial charge in [0.2, 0.25) is 0 Å². The summed E-state index contributed by atoms with van der Waals surface area (Å²) in [5, 5.41) is 7.79. The Kier molecular flexibility index (Phi) is 4.37. The summed E-state index contributed by atoms with van der Waals surface area (Å²) in [6.45, 7) is 7.42. The molecule has 0 radical (unpaired) electrons. The average Bonchev–Trinajstić information content (AvgIpc) is 3.00. The van der Waals surface area contributed by atoms with Crippen LogP contribution in [-0.4, -0.2) is 35.1 Å². The number of rotatable bonds is 6. The van der Waals surface area contributed by atoms with E-state index in [1.165, 1.54) is 0 Å². The Hall–Kier alpha value is -0.910. The lowest BCUT2D eigenvalue weighted by Crippen LogP contribution is -2.40. The van der Waals surface area contributed by atoms with Gasteiger partial charge >= 0.3 is 0 Å². The number of hydrogen-bond donors (Lipinski definition) is 2. The van der Waals surface area contributed by atoms with Gasteiger partial charge in [0.25, 0.3) is 0 Å². The summed E-state index contributed by atoms with van der Waals surface area (Å²) in [6.07, 6.45) is 6.22. The molecule has 5 nitrogen and oxygen atoms in total. The first-order valence-electron chi connectivity index (χ1n) is 6.76. The molecule has 2 heterocycles. The van der Waals surface area contributed by atoms with Gasteiger partial charge in [-0.3, -0.25) is 4.68 Å². The summed E-state index contributed by atoms with van der Waals surface area (Å²) >= 11 is 0. The Labute approximate surface area is 109 Å². The zero-order valence-corrected chi connectivity index (χ0v) is 11.4. The number of hydrogen-bond acceptors (Lipinski definition) is 4. The molecule has 0 bridgehead atoms. The zero-order chi connectivity index (χ0) is 13.0. The van der Waals surface area contributed by atoms with Crippen molar-refractivity contribution in [2.75, 3.05) is 19.7 Å². The fourth-order valence-electron chi connectivity index (χ4n) is 2.39. The lowest BCUT2D eigenvalue weighted by atomic mass is 10.0. The van der Waals surface area contributed by atoms with Gasteiger partial charge in [0.15, 0.2) is 0 Å². The van der Waals surface area contributed by atoms with Gasteiger partial charge in [-0.15, -0.1) is 0 Å². The molecule has 2 atom stereocenters. The van der Waals surface area contributed by atoms with Gasteiger partial charge < -0.3 is 15.8 Å². The molecular weight excluding hydrogens is 228 g/mol. The minimum Gasteiger partial charge on any atom is -0.374 e. The molecule has 0 spiro atoms. The molecule has 1 aliphatic heterocycles. The van der Waals surface area contributed by atoms with Crippen molar-refractivity contribution in [2.24, 2.45) is 5.73 Å². The summed E-state index contributed by atoms with van der Waals surface area (Å²) in [4.78, 5) is 0. The van der Waals surface area contributed by atoms with E-state index in [2.05, 4.69) is 30.5 Å². The van der Waals surface area contributed by atoms with Crippen molar-refractivity contribution in [3.63, 3.8) is 0 Å². The lowest BCUT2D eigenvalue weighted by Gasteiger charge is -2.26. The highest BCUT2D eigenvalue weighted by Crippen LogP contribution is 2.25. The number of nitrogens with two attached hydrogens (primary N) is 1. The molecule has 0 aliphatic carbocycles. The number of aryl methyl sites for hydroxylation is 1. The van der Waals surface area contributed by atoms with Crippen LogP contribution in [0.2, 0.25) is 0 Å². The van der Waals surface area contributed by atoms with Crippen molar-refractivity contribution in [1.82, 2.24) is 15.1 Å². The second kappa shape index (κ2) is 5.82. The van der Waals surface area contributed by atoms with E-state index in [0.29, 0.717) is 6.54 Å². The molecule has 1 aromatic heterocycles. The Morgan fingerprint density at radius 2 is 2.50 bits per heavy atom. The Bertz CT molecular complexity index is 371. The van der Waals surface area contributed by atoms with Crippen molar-refractivity contribution in [2.45, 2.75) is 44.9 Å². The van der Waals surface area contributed by atoms with Crippen molar-refractivity contribution in [3.8, 4) is 0 Å². The van der Waals surface area contributed by atoms with E-state index in [1.54, 1.807) is 0 Å². The van der Waals surface area contributed by atoms with Gasteiger partial charge in [-0.2, -0.15) is 5.10 Å². The van der Waals surface area contributed by atoms with Gasteiger partial charge in [-0.25, -0.2) is 0 Å². The van der Waals surface area contributed by atoms with Gasteiger partial charge in [-0.1, -0.05) is 0 Å². The van der Waals surface area contributed by atoms with E-state index in [-0.39, 0.29) is 11.6 Å².